The second-order valence-corrected chi connectivity index (χ2v) is 10.9. The van der Waals surface area contributed by atoms with E-state index in [-0.39, 0.29) is 49.1 Å². The third-order valence-corrected chi connectivity index (χ3v) is 6.86. The van der Waals surface area contributed by atoms with Gasteiger partial charge in [0.2, 0.25) is 0 Å². The lowest BCUT2D eigenvalue weighted by Crippen LogP contribution is -2.30. The average molecular weight is 582 g/mol. The Morgan fingerprint density at radius 2 is 1.91 bits per heavy atom. The Bertz CT molecular complexity index is 1280. The molecule has 0 saturated carbocycles. The molecule has 0 atom stereocenters. The summed E-state index contributed by atoms with van der Waals surface area (Å²) in [6.07, 6.45) is 1.50. The summed E-state index contributed by atoms with van der Waals surface area (Å²) < 4.78 is 27.5. The van der Waals surface area contributed by atoms with Crippen LogP contribution >= 0.6 is 50.7 Å². The van der Waals surface area contributed by atoms with Crippen molar-refractivity contribution >= 4 is 72.2 Å². The summed E-state index contributed by atoms with van der Waals surface area (Å²) in [5.74, 6) is -0.819. The minimum absolute atomic E-state index is 0.0324. The smallest absolute Gasteiger partial charge is 0.274 e. The quantitative estimate of drug-likeness (QED) is 0.408. The number of carbonyl (C=O) groups excluding carboxylic acids is 1. The van der Waals surface area contributed by atoms with Crippen molar-refractivity contribution in [3.63, 3.8) is 0 Å². The van der Waals surface area contributed by atoms with E-state index in [2.05, 4.69) is 36.6 Å². The number of anilines is 1. The van der Waals surface area contributed by atoms with Crippen LogP contribution in [0.2, 0.25) is 15.1 Å². The molecule has 0 saturated heterocycles. The average Bonchev–Trinajstić information content (AvgIpc) is 3.10. The molecule has 8 nitrogen and oxygen atoms in total. The zero-order valence-electron chi connectivity index (χ0n) is 16.7. The highest BCUT2D eigenvalue weighted by atomic mass is 79.9. The van der Waals surface area contributed by atoms with Crippen molar-refractivity contribution < 1.29 is 13.2 Å². The van der Waals surface area contributed by atoms with Gasteiger partial charge in [0.1, 0.15) is 16.2 Å². The molecular formula is C19H17BrCl3N5O3S. The van der Waals surface area contributed by atoms with Crippen molar-refractivity contribution in [2.75, 3.05) is 11.2 Å². The summed E-state index contributed by atoms with van der Waals surface area (Å²) in [6, 6.07) is 7.19. The number of carbonyl (C=O) groups is 1. The molecule has 2 aromatic heterocycles. The summed E-state index contributed by atoms with van der Waals surface area (Å²) in [5.41, 5.74) is -0.0465. The topological polar surface area (TPSA) is 106 Å². The third-order valence-electron chi connectivity index (χ3n) is 4.13. The van der Waals surface area contributed by atoms with E-state index in [9.17, 15) is 13.2 Å². The number of benzene rings is 1. The predicted octanol–water partition coefficient (Wildman–Crippen LogP) is 4.97. The highest BCUT2D eigenvalue weighted by Crippen LogP contribution is 2.34. The summed E-state index contributed by atoms with van der Waals surface area (Å²) in [4.78, 5) is 17.1. The maximum absolute atomic E-state index is 13.1. The number of pyridine rings is 1. The Kier molecular flexibility index (Phi) is 7.85. The van der Waals surface area contributed by atoms with Gasteiger partial charge in [-0.1, -0.05) is 34.8 Å². The number of hydrogen-bond donors (Lipinski definition) is 2. The van der Waals surface area contributed by atoms with Gasteiger partial charge in [-0.15, -0.1) is 0 Å². The Morgan fingerprint density at radius 1 is 1.19 bits per heavy atom. The summed E-state index contributed by atoms with van der Waals surface area (Å²) >= 11 is 21.8. The molecule has 0 aliphatic heterocycles. The Balaban J connectivity index is 2.04. The first-order valence-electron chi connectivity index (χ1n) is 9.12. The highest BCUT2D eigenvalue weighted by Gasteiger charge is 2.26. The lowest BCUT2D eigenvalue weighted by atomic mass is 10.3. The van der Waals surface area contributed by atoms with E-state index in [1.807, 2.05) is 13.8 Å². The molecule has 1 amide bonds. The molecular weight excluding hydrogens is 565 g/mol. The van der Waals surface area contributed by atoms with Gasteiger partial charge in [0.25, 0.3) is 5.91 Å². The van der Waals surface area contributed by atoms with Crippen LogP contribution in [0.15, 0.2) is 46.0 Å². The second-order valence-electron chi connectivity index (χ2n) is 6.91. The lowest BCUT2D eigenvalue weighted by molar-refractivity contribution is 0.101. The fraction of sp³-hybridized carbons (Fsp3) is 0.211. The van der Waals surface area contributed by atoms with Crippen molar-refractivity contribution in [1.29, 1.82) is 0 Å². The molecule has 3 rings (SSSR count). The van der Waals surface area contributed by atoms with Gasteiger partial charge in [-0.2, -0.15) is 5.10 Å². The number of hydrogen-bond acceptors (Lipinski definition) is 6. The molecule has 0 unspecified atom stereocenters. The van der Waals surface area contributed by atoms with Gasteiger partial charge in [0.05, 0.1) is 20.6 Å². The monoisotopic (exact) mass is 579 g/mol. The zero-order chi connectivity index (χ0) is 23.6. The van der Waals surface area contributed by atoms with Crippen molar-refractivity contribution in [3.05, 3.63) is 61.9 Å². The van der Waals surface area contributed by atoms with E-state index in [1.54, 1.807) is 12.1 Å². The molecule has 0 spiro atoms. The number of halogens is 4. The van der Waals surface area contributed by atoms with Crippen LogP contribution in [0.4, 0.5) is 5.69 Å². The molecule has 0 aliphatic rings. The standard InChI is InChI=1S/C19H17BrCl3N5O3S/c1-10(2)25-9-32(30,31)15-7-11(21)6-13(23)17(15)26-19(29)14-8-16(20)27-28(14)18-12(22)4-3-5-24-18/h3-8,10,25H,9H2,1-2H3,(H,26,29). The molecule has 32 heavy (non-hydrogen) atoms. The lowest BCUT2D eigenvalue weighted by Gasteiger charge is -2.16. The van der Waals surface area contributed by atoms with E-state index >= 15 is 0 Å². The molecule has 0 aliphatic carbocycles. The number of aromatic nitrogens is 3. The van der Waals surface area contributed by atoms with Gasteiger partial charge in [0, 0.05) is 23.3 Å². The molecule has 170 valence electrons. The van der Waals surface area contributed by atoms with Crippen molar-refractivity contribution in [2.24, 2.45) is 0 Å². The number of nitrogens with one attached hydrogen (secondary N) is 2. The van der Waals surface area contributed by atoms with Gasteiger partial charge in [-0.25, -0.2) is 18.1 Å². The molecule has 2 heterocycles. The Morgan fingerprint density at radius 3 is 2.56 bits per heavy atom. The molecule has 0 fully saturated rings. The van der Waals surface area contributed by atoms with Crippen LogP contribution in [0, 0.1) is 0 Å². The SMILES string of the molecule is CC(C)NCS(=O)(=O)c1cc(Cl)cc(Cl)c1NC(=O)c1cc(Br)nn1-c1ncccc1Cl. The molecule has 3 aromatic rings. The predicted molar refractivity (Wildman–Crippen MR) is 129 cm³/mol. The summed E-state index contributed by atoms with van der Waals surface area (Å²) in [5, 5.41) is 9.97. The normalized spacial score (nSPS) is 11.7. The fourth-order valence-corrected chi connectivity index (χ4v) is 5.38. The number of sulfone groups is 1. The van der Waals surface area contributed by atoms with E-state index in [0.717, 1.165) is 0 Å². The third kappa shape index (κ3) is 5.62. The van der Waals surface area contributed by atoms with Crippen molar-refractivity contribution in [1.82, 2.24) is 20.1 Å². The molecule has 2 N–H and O–H groups in total. The maximum Gasteiger partial charge on any atom is 0.274 e. The van der Waals surface area contributed by atoms with Gasteiger partial charge in [-0.3, -0.25) is 4.79 Å². The van der Waals surface area contributed by atoms with E-state index in [0.29, 0.717) is 4.60 Å². The number of nitrogens with zero attached hydrogens (tertiary/aromatic N) is 3. The molecule has 0 radical (unpaired) electrons. The van der Waals surface area contributed by atoms with E-state index in [1.165, 1.54) is 29.1 Å². The van der Waals surface area contributed by atoms with Gasteiger partial charge < -0.3 is 10.6 Å². The first kappa shape index (κ1) is 24.9. The van der Waals surface area contributed by atoms with E-state index < -0.39 is 15.7 Å². The Hall–Kier alpha value is -1.69. The summed E-state index contributed by atoms with van der Waals surface area (Å²) in [6.45, 7) is 3.62. The minimum atomic E-state index is -3.88. The van der Waals surface area contributed by atoms with Crippen LogP contribution in [0.5, 0.6) is 0 Å². The minimum Gasteiger partial charge on any atom is -0.318 e. The molecule has 0 bridgehead atoms. The van der Waals surface area contributed by atoms with Crippen molar-refractivity contribution in [2.45, 2.75) is 24.8 Å². The van der Waals surface area contributed by atoms with E-state index in [4.69, 9.17) is 34.8 Å². The largest absolute Gasteiger partial charge is 0.318 e. The highest BCUT2D eigenvalue weighted by molar-refractivity contribution is 9.10. The van der Waals surface area contributed by atoms with Crippen LogP contribution in [-0.4, -0.2) is 41.0 Å². The van der Waals surface area contributed by atoms with Crippen LogP contribution in [0.1, 0.15) is 24.3 Å². The second kappa shape index (κ2) is 10.1. The van der Waals surface area contributed by atoms with Crippen LogP contribution in [0.25, 0.3) is 5.82 Å². The summed E-state index contributed by atoms with van der Waals surface area (Å²) in [7, 11) is -3.88. The van der Waals surface area contributed by atoms with Crippen molar-refractivity contribution in [3.8, 4) is 5.82 Å². The molecule has 13 heteroatoms. The van der Waals surface area contributed by atoms with Crippen LogP contribution in [0.3, 0.4) is 0 Å². The zero-order valence-corrected chi connectivity index (χ0v) is 21.4. The first-order valence-corrected chi connectivity index (χ1v) is 12.7. The van der Waals surface area contributed by atoms with Gasteiger partial charge in [0.15, 0.2) is 15.7 Å². The Labute approximate surface area is 208 Å². The molecule has 1 aromatic carbocycles. The maximum atomic E-state index is 13.1. The first-order chi connectivity index (χ1) is 15.0. The number of rotatable bonds is 7. The van der Waals surface area contributed by atoms with Gasteiger partial charge in [-0.05, 0) is 54.0 Å². The van der Waals surface area contributed by atoms with Gasteiger partial charge >= 0.3 is 0 Å². The number of amides is 1. The van der Waals surface area contributed by atoms with Crippen LogP contribution < -0.4 is 10.6 Å². The van der Waals surface area contributed by atoms with Crippen LogP contribution in [-0.2, 0) is 9.84 Å². The fourth-order valence-electron chi connectivity index (χ4n) is 2.66.